The average molecular weight is 506 g/mol. The Morgan fingerprint density at radius 2 is 1.72 bits per heavy atom. The fourth-order valence-corrected chi connectivity index (χ4v) is 3.33. The predicted octanol–water partition coefficient (Wildman–Crippen LogP) is 4.44. The Hall–Kier alpha value is -2.09. The molecule has 0 heterocycles. The van der Waals surface area contributed by atoms with Crippen LogP contribution < -0.4 is 16.0 Å². The van der Waals surface area contributed by atoms with Gasteiger partial charge in [-0.15, -0.1) is 24.0 Å². The van der Waals surface area contributed by atoms with Crippen LogP contribution in [0.1, 0.15) is 43.7 Å². The van der Waals surface area contributed by atoms with Gasteiger partial charge >= 0.3 is 0 Å². The van der Waals surface area contributed by atoms with Crippen molar-refractivity contribution in [3.8, 4) is 0 Å². The molecule has 2 aromatic rings. The first-order valence-electron chi connectivity index (χ1n) is 10.0. The summed E-state index contributed by atoms with van der Waals surface area (Å²) in [5.74, 6) is 0.868. The highest BCUT2D eigenvalue weighted by atomic mass is 127. The number of anilines is 1. The van der Waals surface area contributed by atoms with Crippen molar-refractivity contribution in [2.75, 3.05) is 18.9 Å². The Labute approximate surface area is 190 Å². The van der Waals surface area contributed by atoms with Crippen LogP contribution in [0.5, 0.6) is 0 Å². The van der Waals surface area contributed by atoms with Gasteiger partial charge in [0.2, 0.25) is 5.91 Å². The Balaban J connectivity index is 0.00000300. The first-order valence-corrected chi connectivity index (χ1v) is 10.0. The number of halogens is 1. The highest BCUT2D eigenvalue weighted by Crippen LogP contribution is 2.47. The van der Waals surface area contributed by atoms with Crippen molar-refractivity contribution in [1.82, 2.24) is 10.6 Å². The lowest BCUT2D eigenvalue weighted by atomic mass is 9.96. The number of guanidine groups is 1. The number of hydrogen-bond donors (Lipinski definition) is 3. The van der Waals surface area contributed by atoms with E-state index >= 15 is 0 Å². The Bertz CT molecular complexity index is 801. The molecule has 1 aliphatic rings. The molecular formula is C23H31IN4O. The van der Waals surface area contributed by atoms with E-state index < -0.39 is 0 Å². The molecule has 156 valence electrons. The van der Waals surface area contributed by atoms with Crippen molar-refractivity contribution < 1.29 is 4.79 Å². The molecule has 0 radical (unpaired) electrons. The number of benzene rings is 2. The van der Waals surface area contributed by atoms with Crippen molar-refractivity contribution in [3.05, 3.63) is 65.7 Å². The summed E-state index contributed by atoms with van der Waals surface area (Å²) in [5.41, 5.74) is 3.62. The molecule has 2 aromatic carbocycles. The van der Waals surface area contributed by atoms with Gasteiger partial charge in [0.1, 0.15) is 0 Å². The van der Waals surface area contributed by atoms with Crippen LogP contribution in [0.2, 0.25) is 0 Å². The van der Waals surface area contributed by atoms with Gasteiger partial charge in [0.25, 0.3) is 0 Å². The summed E-state index contributed by atoms with van der Waals surface area (Å²) in [4.78, 5) is 16.0. The molecule has 0 aliphatic heterocycles. The Kier molecular flexibility index (Phi) is 8.95. The molecule has 0 unspecified atom stereocenters. The number of hydrogen-bond acceptors (Lipinski definition) is 2. The van der Waals surface area contributed by atoms with Crippen LogP contribution in [0.3, 0.4) is 0 Å². The SMILES string of the molecule is CCCC(=O)Nc1ccc(CNC(=NC)NCC2(c3ccccc3)CC2)cc1.I. The third kappa shape index (κ3) is 6.73. The van der Waals surface area contributed by atoms with Crippen molar-refractivity contribution in [2.24, 2.45) is 4.99 Å². The molecule has 0 aromatic heterocycles. The third-order valence-corrected chi connectivity index (χ3v) is 5.23. The lowest BCUT2D eigenvalue weighted by Gasteiger charge is -2.19. The number of nitrogens with zero attached hydrogens (tertiary/aromatic N) is 1. The van der Waals surface area contributed by atoms with Crippen LogP contribution in [0, 0.1) is 0 Å². The largest absolute Gasteiger partial charge is 0.356 e. The fourth-order valence-electron chi connectivity index (χ4n) is 3.33. The van der Waals surface area contributed by atoms with E-state index in [-0.39, 0.29) is 35.3 Å². The molecular weight excluding hydrogens is 475 g/mol. The van der Waals surface area contributed by atoms with Crippen LogP contribution in [0.25, 0.3) is 0 Å². The summed E-state index contributed by atoms with van der Waals surface area (Å²) in [6, 6.07) is 18.6. The van der Waals surface area contributed by atoms with Gasteiger partial charge in [-0.2, -0.15) is 0 Å². The number of amides is 1. The number of carbonyl (C=O) groups excluding carboxylic acids is 1. The van der Waals surface area contributed by atoms with Crippen LogP contribution in [0.15, 0.2) is 59.6 Å². The lowest BCUT2D eigenvalue weighted by molar-refractivity contribution is -0.116. The molecule has 0 spiro atoms. The molecule has 1 fully saturated rings. The van der Waals surface area contributed by atoms with Crippen LogP contribution in [-0.2, 0) is 16.8 Å². The quantitative estimate of drug-likeness (QED) is 0.282. The average Bonchev–Trinajstić information content (AvgIpc) is 3.51. The zero-order valence-corrected chi connectivity index (χ0v) is 19.5. The fraction of sp³-hybridized carbons (Fsp3) is 0.391. The summed E-state index contributed by atoms with van der Waals surface area (Å²) in [6.07, 6.45) is 3.83. The third-order valence-electron chi connectivity index (χ3n) is 5.23. The van der Waals surface area contributed by atoms with E-state index in [1.165, 1.54) is 18.4 Å². The molecule has 1 saturated carbocycles. The minimum Gasteiger partial charge on any atom is -0.356 e. The molecule has 0 bridgehead atoms. The summed E-state index contributed by atoms with van der Waals surface area (Å²) in [7, 11) is 1.80. The van der Waals surface area contributed by atoms with Crippen molar-refractivity contribution in [3.63, 3.8) is 0 Å². The number of carbonyl (C=O) groups is 1. The van der Waals surface area contributed by atoms with Crippen molar-refractivity contribution >= 4 is 41.5 Å². The summed E-state index contributed by atoms with van der Waals surface area (Å²) >= 11 is 0. The van der Waals surface area contributed by atoms with Gasteiger partial charge < -0.3 is 16.0 Å². The van der Waals surface area contributed by atoms with Gasteiger partial charge in [-0.1, -0.05) is 49.4 Å². The van der Waals surface area contributed by atoms with Crippen molar-refractivity contribution in [2.45, 2.75) is 44.6 Å². The van der Waals surface area contributed by atoms with Crippen molar-refractivity contribution in [1.29, 1.82) is 0 Å². The van der Waals surface area contributed by atoms with E-state index in [0.717, 1.165) is 30.2 Å². The van der Waals surface area contributed by atoms with Crippen LogP contribution >= 0.6 is 24.0 Å². The standard InChI is InChI=1S/C23H30N4O.HI/c1-3-7-21(28)27-20-12-10-18(11-13-20)16-25-22(24-2)26-17-23(14-15-23)19-8-5-4-6-9-19;/h4-6,8-13H,3,7,14-17H2,1-2H3,(H,27,28)(H2,24,25,26);1H. The summed E-state index contributed by atoms with van der Waals surface area (Å²) in [5, 5.41) is 9.75. The van der Waals surface area contributed by atoms with Gasteiger partial charge in [0.15, 0.2) is 5.96 Å². The van der Waals surface area contributed by atoms with Gasteiger partial charge in [0, 0.05) is 37.7 Å². The second-order valence-electron chi connectivity index (χ2n) is 7.42. The van der Waals surface area contributed by atoms with Crippen LogP contribution in [-0.4, -0.2) is 25.5 Å². The second kappa shape index (κ2) is 11.2. The zero-order chi connectivity index (χ0) is 19.8. The molecule has 5 nitrogen and oxygen atoms in total. The molecule has 0 saturated heterocycles. The normalized spacial score (nSPS) is 14.5. The minimum atomic E-state index is 0. The summed E-state index contributed by atoms with van der Waals surface area (Å²) in [6.45, 7) is 3.57. The van der Waals surface area contributed by atoms with Gasteiger partial charge in [-0.05, 0) is 42.5 Å². The minimum absolute atomic E-state index is 0. The molecule has 1 aliphatic carbocycles. The predicted molar refractivity (Wildman–Crippen MR) is 131 cm³/mol. The van der Waals surface area contributed by atoms with Crippen LogP contribution in [0.4, 0.5) is 5.69 Å². The first-order chi connectivity index (χ1) is 13.6. The lowest BCUT2D eigenvalue weighted by Crippen LogP contribution is -2.40. The number of rotatable bonds is 8. The highest BCUT2D eigenvalue weighted by Gasteiger charge is 2.43. The summed E-state index contributed by atoms with van der Waals surface area (Å²) < 4.78 is 0. The van der Waals surface area contributed by atoms with Gasteiger partial charge in [0.05, 0.1) is 0 Å². The Morgan fingerprint density at radius 1 is 1.03 bits per heavy atom. The maximum absolute atomic E-state index is 11.7. The number of aliphatic imine (C=N–C) groups is 1. The maximum atomic E-state index is 11.7. The molecule has 3 N–H and O–H groups in total. The van der Waals surface area contributed by atoms with E-state index in [1.807, 2.05) is 31.2 Å². The smallest absolute Gasteiger partial charge is 0.224 e. The maximum Gasteiger partial charge on any atom is 0.224 e. The zero-order valence-electron chi connectivity index (χ0n) is 17.2. The van der Waals surface area contributed by atoms with E-state index in [1.54, 1.807) is 7.05 Å². The number of nitrogens with one attached hydrogen (secondary N) is 3. The molecule has 29 heavy (non-hydrogen) atoms. The Morgan fingerprint density at radius 3 is 2.31 bits per heavy atom. The molecule has 1 amide bonds. The van der Waals surface area contributed by atoms with E-state index in [9.17, 15) is 4.79 Å². The van der Waals surface area contributed by atoms with E-state index in [2.05, 4.69) is 51.3 Å². The second-order valence-corrected chi connectivity index (χ2v) is 7.42. The topological polar surface area (TPSA) is 65.5 Å². The molecule has 0 atom stereocenters. The monoisotopic (exact) mass is 506 g/mol. The van der Waals surface area contributed by atoms with E-state index in [4.69, 9.17) is 0 Å². The highest BCUT2D eigenvalue weighted by molar-refractivity contribution is 14.0. The molecule has 3 rings (SSSR count). The van der Waals surface area contributed by atoms with E-state index in [0.29, 0.717) is 13.0 Å². The van der Waals surface area contributed by atoms with Gasteiger partial charge in [-0.3, -0.25) is 9.79 Å². The molecule has 6 heteroatoms. The first kappa shape index (κ1) is 23.2. The van der Waals surface area contributed by atoms with Gasteiger partial charge in [-0.25, -0.2) is 0 Å².